The first kappa shape index (κ1) is 17.7. The molecule has 7 nitrogen and oxygen atoms in total. The summed E-state index contributed by atoms with van der Waals surface area (Å²) in [4.78, 5) is 12.0. The van der Waals surface area contributed by atoms with Crippen LogP contribution in [0.5, 0.6) is 5.75 Å². The average Bonchev–Trinajstić information content (AvgIpc) is 3.00. The van der Waals surface area contributed by atoms with Gasteiger partial charge < -0.3 is 15.9 Å². The third-order valence-electron chi connectivity index (χ3n) is 3.31. The number of hydrogen-bond donors (Lipinski definition) is 2. The largest absolute Gasteiger partial charge is 0.486 e. The van der Waals surface area contributed by atoms with E-state index in [2.05, 4.69) is 15.5 Å². The van der Waals surface area contributed by atoms with Crippen molar-refractivity contribution >= 4 is 23.4 Å². The number of nitrogens with zero attached hydrogens (tertiary/aromatic N) is 3. The second-order valence-corrected chi connectivity index (χ2v) is 6.16. The molecule has 1 heterocycles. The number of carbonyl (C=O) groups is 1. The molecule has 1 aromatic heterocycles. The van der Waals surface area contributed by atoms with Crippen molar-refractivity contribution in [1.29, 1.82) is 0 Å². The maximum absolute atomic E-state index is 12.9. The van der Waals surface area contributed by atoms with Gasteiger partial charge in [-0.25, -0.2) is 9.07 Å². The van der Waals surface area contributed by atoms with Crippen LogP contribution in [0.25, 0.3) is 0 Å². The van der Waals surface area contributed by atoms with Crippen LogP contribution in [-0.4, -0.2) is 26.5 Å². The van der Waals surface area contributed by atoms with Gasteiger partial charge in [0.15, 0.2) is 5.82 Å². The van der Waals surface area contributed by atoms with E-state index in [-0.39, 0.29) is 24.1 Å². The SMILES string of the molecule is Nn1c(COc2ccc(F)cc2)nnc1SCC(=O)Nc1ccccc1. The smallest absolute Gasteiger partial charge is 0.234 e. The molecule has 3 rings (SSSR count). The molecule has 0 bridgehead atoms. The van der Waals surface area contributed by atoms with Gasteiger partial charge in [-0.2, -0.15) is 0 Å². The first-order chi connectivity index (χ1) is 12.6. The molecule has 0 aliphatic rings. The fourth-order valence-electron chi connectivity index (χ4n) is 2.03. The standard InChI is InChI=1S/C17H16FN5O2S/c18-12-6-8-14(9-7-12)25-10-15-21-22-17(23(15)19)26-11-16(24)20-13-4-2-1-3-5-13/h1-9H,10-11,19H2,(H,20,24). The van der Waals surface area contributed by atoms with Gasteiger partial charge in [-0.05, 0) is 36.4 Å². The molecule has 3 aromatic rings. The molecule has 2 aromatic carbocycles. The zero-order chi connectivity index (χ0) is 18.4. The zero-order valence-corrected chi connectivity index (χ0v) is 14.4. The second-order valence-electron chi connectivity index (χ2n) is 5.21. The number of para-hydroxylation sites is 1. The lowest BCUT2D eigenvalue weighted by molar-refractivity contribution is -0.113. The molecule has 0 saturated carbocycles. The van der Waals surface area contributed by atoms with Crippen LogP contribution in [0.15, 0.2) is 59.8 Å². The number of hydrogen-bond acceptors (Lipinski definition) is 6. The van der Waals surface area contributed by atoms with E-state index in [1.54, 1.807) is 12.1 Å². The number of halogens is 1. The van der Waals surface area contributed by atoms with Crippen LogP contribution in [-0.2, 0) is 11.4 Å². The Morgan fingerprint density at radius 3 is 2.62 bits per heavy atom. The Kier molecular flexibility index (Phi) is 5.69. The lowest BCUT2D eigenvalue weighted by Crippen LogP contribution is -2.18. The molecule has 0 aliphatic carbocycles. The number of anilines is 1. The zero-order valence-electron chi connectivity index (χ0n) is 13.6. The minimum absolute atomic E-state index is 0.0753. The van der Waals surface area contributed by atoms with E-state index in [1.165, 1.54) is 40.7 Å². The highest BCUT2D eigenvalue weighted by molar-refractivity contribution is 7.99. The van der Waals surface area contributed by atoms with Crippen molar-refractivity contribution in [3.8, 4) is 5.75 Å². The fourth-order valence-corrected chi connectivity index (χ4v) is 2.71. The highest BCUT2D eigenvalue weighted by Gasteiger charge is 2.13. The molecule has 1 amide bonds. The van der Waals surface area contributed by atoms with Gasteiger partial charge in [-0.3, -0.25) is 4.79 Å². The van der Waals surface area contributed by atoms with Crippen LogP contribution in [0.4, 0.5) is 10.1 Å². The number of benzene rings is 2. The van der Waals surface area contributed by atoms with Gasteiger partial charge in [-0.15, -0.1) is 10.2 Å². The summed E-state index contributed by atoms with van der Waals surface area (Å²) in [5.74, 6) is 6.44. The Bertz CT molecular complexity index is 871. The van der Waals surface area contributed by atoms with Crippen LogP contribution >= 0.6 is 11.8 Å². The number of carbonyl (C=O) groups excluding carboxylic acids is 1. The van der Waals surface area contributed by atoms with Gasteiger partial charge in [0.05, 0.1) is 5.75 Å². The summed E-state index contributed by atoms with van der Waals surface area (Å²) in [5, 5.41) is 11.1. The van der Waals surface area contributed by atoms with Crippen LogP contribution in [0, 0.1) is 5.82 Å². The van der Waals surface area contributed by atoms with Crippen molar-refractivity contribution in [2.24, 2.45) is 0 Å². The molecule has 0 unspecified atom stereocenters. The molecule has 3 N–H and O–H groups in total. The number of nitrogens with two attached hydrogens (primary N) is 1. The number of ether oxygens (including phenoxy) is 1. The molecule has 0 fully saturated rings. The molecule has 9 heteroatoms. The Hall–Kier alpha value is -3.07. The Morgan fingerprint density at radius 2 is 1.88 bits per heavy atom. The van der Waals surface area contributed by atoms with Crippen molar-refractivity contribution in [2.75, 3.05) is 16.9 Å². The minimum atomic E-state index is -0.341. The first-order valence-corrected chi connectivity index (χ1v) is 8.66. The van der Waals surface area contributed by atoms with Crippen LogP contribution in [0.2, 0.25) is 0 Å². The summed E-state index contributed by atoms with van der Waals surface area (Å²) < 4.78 is 19.6. The average molecular weight is 373 g/mol. The summed E-state index contributed by atoms with van der Waals surface area (Å²) in [6.45, 7) is 0.0753. The number of nitrogen functional groups attached to an aromatic ring is 1. The molecule has 26 heavy (non-hydrogen) atoms. The van der Waals surface area contributed by atoms with E-state index in [0.29, 0.717) is 16.7 Å². The van der Waals surface area contributed by atoms with Gasteiger partial charge in [0.2, 0.25) is 11.1 Å². The predicted octanol–water partition coefficient (Wildman–Crippen LogP) is 2.44. The first-order valence-electron chi connectivity index (χ1n) is 7.67. The van der Waals surface area contributed by atoms with Crippen molar-refractivity contribution in [3.05, 3.63) is 66.2 Å². The number of nitrogens with one attached hydrogen (secondary N) is 1. The van der Waals surface area contributed by atoms with Gasteiger partial charge in [0.1, 0.15) is 18.2 Å². The van der Waals surface area contributed by atoms with E-state index < -0.39 is 0 Å². The lowest BCUT2D eigenvalue weighted by atomic mass is 10.3. The fraction of sp³-hybridized carbons (Fsp3) is 0.118. The summed E-state index contributed by atoms with van der Waals surface area (Å²) in [6.07, 6.45) is 0. The third-order valence-corrected chi connectivity index (χ3v) is 4.25. The number of thioether (sulfide) groups is 1. The van der Waals surface area contributed by atoms with Gasteiger partial charge in [-0.1, -0.05) is 30.0 Å². The highest BCUT2D eigenvalue weighted by atomic mass is 32.2. The highest BCUT2D eigenvalue weighted by Crippen LogP contribution is 2.17. The van der Waals surface area contributed by atoms with E-state index >= 15 is 0 Å². The normalized spacial score (nSPS) is 10.5. The van der Waals surface area contributed by atoms with Crippen molar-refractivity contribution in [1.82, 2.24) is 14.9 Å². The summed E-state index contributed by atoms with van der Waals surface area (Å²) >= 11 is 1.17. The van der Waals surface area contributed by atoms with Crippen LogP contribution in [0.3, 0.4) is 0 Å². The molecule has 0 saturated heterocycles. The van der Waals surface area contributed by atoms with E-state index in [0.717, 1.165) is 5.69 Å². The molecule has 134 valence electrons. The quantitative estimate of drug-likeness (QED) is 0.488. The minimum Gasteiger partial charge on any atom is -0.486 e. The number of aromatic nitrogens is 3. The van der Waals surface area contributed by atoms with Crippen molar-refractivity contribution in [3.63, 3.8) is 0 Å². The monoisotopic (exact) mass is 373 g/mol. The molecule has 0 spiro atoms. The Morgan fingerprint density at radius 1 is 1.15 bits per heavy atom. The van der Waals surface area contributed by atoms with Crippen LogP contribution in [0.1, 0.15) is 5.82 Å². The summed E-state index contributed by atoms with van der Waals surface area (Å²) in [7, 11) is 0. The lowest BCUT2D eigenvalue weighted by Gasteiger charge is -2.07. The van der Waals surface area contributed by atoms with E-state index in [9.17, 15) is 9.18 Å². The number of rotatable bonds is 7. The summed E-state index contributed by atoms with van der Waals surface area (Å²) in [5.41, 5.74) is 0.723. The van der Waals surface area contributed by atoms with Gasteiger partial charge in [0.25, 0.3) is 0 Å². The Labute approximate surface area is 153 Å². The molecular weight excluding hydrogens is 357 g/mol. The molecule has 0 aliphatic heterocycles. The van der Waals surface area contributed by atoms with Gasteiger partial charge >= 0.3 is 0 Å². The summed E-state index contributed by atoms with van der Waals surface area (Å²) in [6, 6.07) is 14.8. The van der Waals surface area contributed by atoms with Crippen LogP contribution < -0.4 is 15.9 Å². The maximum atomic E-state index is 12.9. The number of amides is 1. The second kappa shape index (κ2) is 8.34. The topological polar surface area (TPSA) is 95.1 Å². The Balaban J connectivity index is 1.51. The third kappa shape index (κ3) is 4.73. The van der Waals surface area contributed by atoms with Crippen molar-refractivity contribution < 1.29 is 13.9 Å². The van der Waals surface area contributed by atoms with Gasteiger partial charge in [0, 0.05) is 5.69 Å². The maximum Gasteiger partial charge on any atom is 0.234 e. The van der Waals surface area contributed by atoms with Crippen molar-refractivity contribution in [2.45, 2.75) is 11.8 Å². The van der Waals surface area contributed by atoms with E-state index in [1.807, 2.05) is 18.2 Å². The predicted molar refractivity (Wildman–Crippen MR) is 96.7 cm³/mol. The van der Waals surface area contributed by atoms with E-state index in [4.69, 9.17) is 10.6 Å². The molecular formula is C17H16FN5O2S. The molecule has 0 radical (unpaired) electrons. The molecule has 0 atom stereocenters.